The lowest BCUT2D eigenvalue weighted by Gasteiger charge is -2.10. The molecule has 0 heterocycles. The Hall–Kier alpha value is -1.32. The van der Waals surface area contributed by atoms with E-state index in [-0.39, 0.29) is 11.3 Å². The summed E-state index contributed by atoms with van der Waals surface area (Å²) < 4.78 is 36.5. The third-order valence-corrected chi connectivity index (χ3v) is 2.79. The highest BCUT2D eigenvalue weighted by molar-refractivity contribution is 14.1. The molecule has 0 aliphatic heterocycles. The van der Waals surface area contributed by atoms with Gasteiger partial charge < -0.3 is 10.4 Å². The van der Waals surface area contributed by atoms with E-state index in [1.807, 2.05) is 22.6 Å². The summed E-state index contributed by atoms with van der Waals surface area (Å²) in [6, 6.07) is 4.21. The van der Waals surface area contributed by atoms with Crippen LogP contribution in [0.2, 0.25) is 0 Å². The van der Waals surface area contributed by atoms with Gasteiger partial charge in [-0.3, -0.25) is 4.79 Å². The van der Waals surface area contributed by atoms with Crippen LogP contribution in [-0.2, 0) is 4.79 Å². The predicted octanol–water partition coefficient (Wildman–Crippen LogP) is 3.27. The maximum absolute atomic E-state index is 11.9. The van der Waals surface area contributed by atoms with Crippen molar-refractivity contribution in [2.75, 3.05) is 5.32 Å². The lowest BCUT2D eigenvalue weighted by atomic mass is 10.1. The number of nitrogens with one attached hydrogen (secondary N) is 1. The zero-order valence-corrected chi connectivity index (χ0v) is 11.6. The van der Waals surface area contributed by atoms with Crippen molar-refractivity contribution < 1.29 is 27.9 Å². The number of carboxylic acids is 1. The molecule has 4 nitrogen and oxygen atoms in total. The van der Waals surface area contributed by atoms with Gasteiger partial charge in [0.15, 0.2) is 0 Å². The summed E-state index contributed by atoms with van der Waals surface area (Å²) in [6.45, 7) is 0. The van der Waals surface area contributed by atoms with Crippen LogP contribution < -0.4 is 5.32 Å². The van der Waals surface area contributed by atoms with E-state index in [2.05, 4.69) is 5.32 Å². The van der Waals surface area contributed by atoms with Gasteiger partial charge in [-0.1, -0.05) is 0 Å². The standard InChI is InChI=1S/C11H9F3INO3/c12-11(13,14)4-3-9(17)16-8-2-1-6(15)5-7(8)10(18)19/h1-2,5H,3-4H2,(H,16,17)(H,18,19). The van der Waals surface area contributed by atoms with Crippen molar-refractivity contribution in [3.63, 3.8) is 0 Å². The van der Waals surface area contributed by atoms with Crippen LogP contribution in [0.25, 0.3) is 0 Å². The zero-order chi connectivity index (χ0) is 14.6. The van der Waals surface area contributed by atoms with Crippen molar-refractivity contribution >= 4 is 40.2 Å². The van der Waals surface area contributed by atoms with Gasteiger partial charge in [0.05, 0.1) is 17.7 Å². The van der Waals surface area contributed by atoms with Gasteiger partial charge in [-0.15, -0.1) is 0 Å². The normalized spacial score (nSPS) is 11.2. The number of aromatic carboxylic acids is 1. The van der Waals surface area contributed by atoms with E-state index in [0.29, 0.717) is 3.57 Å². The minimum Gasteiger partial charge on any atom is -0.478 e. The van der Waals surface area contributed by atoms with Gasteiger partial charge in [-0.05, 0) is 40.8 Å². The molecule has 0 saturated carbocycles. The molecule has 19 heavy (non-hydrogen) atoms. The highest BCUT2D eigenvalue weighted by Crippen LogP contribution is 2.23. The van der Waals surface area contributed by atoms with Gasteiger partial charge in [0.2, 0.25) is 5.91 Å². The molecule has 2 N–H and O–H groups in total. The maximum atomic E-state index is 11.9. The van der Waals surface area contributed by atoms with Gasteiger partial charge in [0.25, 0.3) is 0 Å². The first-order valence-electron chi connectivity index (χ1n) is 5.08. The number of carbonyl (C=O) groups is 2. The number of rotatable bonds is 4. The quantitative estimate of drug-likeness (QED) is 0.780. The smallest absolute Gasteiger partial charge is 0.389 e. The molecule has 1 amide bonds. The number of anilines is 1. The molecule has 1 rings (SSSR count). The lowest BCUT2D eigenvalue weighted by molar-refractivity contribution is -0.142. The second-order valence-corrected chi connectivity index (χ2v) is 4.90. The van der Waals surface area contributed by atoms with Crippen LogP contribution in [0.5, 0.6) is 0 Å². The second kappa shape index (κ2) is 6.22. The van der Waals surface area contributed by atoms with E-state index in [9.17, 15) is 22.8 Å². The second-order valence-electron chi connectivity index (χ2n) is 3.66. The number of halogens is 4. The summed E-state index contributed by atoms with van der Waals surface area (Å²) in [5.74, 6) is -2.13. The summed E-state index contributed by atoms with van der Waals surface area (Å²) in [5, 5.41) is 11.1. The van der Waals surface area contributed by atoms with Gasteiger partial charge in [-0.2, -0.15) is 13.2 Å². The van der Waals surface area contributed by atoms with Crippen molar-refractivity contribution in [3.8, 4) is 0 Å². The Bertz CT molecular complexity index is 502. The molecular formula is C11H9F3INO3. The highest BCUT2D eigenvalue weighted by Gasteiger charge is 2.28. The monoisotopic (exact) mass is 387 g/mol. The zero-order valence-electron chi connectivity index (χ0n) is 9.42. The Morgan fingerprint density at radius 3 is 2.47 bits per heavy atom. The fourth-order valence-corrected chi connectivity index (χ4v) is 1.76. The molecule has 104 valence electrons. The minimum absolute atomic E-state index is 0.0138. The van der Waals surface area contributed by atoms with Crippen molar-refractivity contribution in [3.05, 3.63) is 27.3 Å². The molecule has 0 bridgehead atoms. The Balaban J connectivity index is 2.77. The molecule has 1 aromatic carbocycles. The summed E-state index contributed by atoms with van der Waals surface area (Å²) in [7, 11) is 0. The number of alkyl halides is 3. The number of carbonyl (C=O) groups excluding carboxylic acids is 1. The number of benzene rings is 1. The number of hydrogen-bond acceptors (Lipinski definition) is 2. The third kappa shape index (κ3) is 5.45. The van der Waals surface area contributed by atoms with Gasteiger partial charge in [0, 0.05) is 9.99 Å². The Labute approximate surface area is 120 Å². The van der Waals surface area contributed by atoms with Crippen LogP contribution in [0.15, 0.2) is 18.2 Å². The van der Waals surface area contributed by atoms with Crippen molar-refractivity contribution in [2.45, 2.75) is 19.0 Å². The van der Waals surface area contributed by atoms with Crippen molar-refractivity contribution in [1.29, 1.82) is 0 Å². The molecule has 0 aliphatic carbocycles. The Kier molecular flexibility index (Phi) is 5.15. The maximum Gasteiger partial charge on any atom is 0.389 e. The number of carboxylic acid groups (broad SMARTS) is 1. The lowest BCUT2D eigenvalue weighted by Crippen LogP contribution is -2.18. The minimum atomic E-state index is -4.42. The van der Waals surface area contributed by atoms with Crippen LogP contribution >= 0.6 is 22.6 Å². The molecule has 0 spiro atoms. The fraction of sp³-hybridized carbons (Fsp3) is 0.273. The van der Waals surface area contributed by atoms with E-state index in [0.717, 1.165) is 0 Å². The summed E-state index contributed by atoms with van der Waals surface area (Å²) in [4.78, 5) is 22.3. The fourth-order valence-electron chi connectivity index (χ4n) is 1.27. The van der Waals surface area contributed by atoms with Crippen LogP contribution in [0, 0.1) is 3.57 Å². The Morgan fingerprint density at radius 1 is 1.32 bits per heavy atom. The molecule has 0 fully saturated rings. The molecule has 0 aromatic heterocycles. The summed E-state index contributed by atoms with van der Waals surface area (Å²) >= 11 is 1.89. The molecule has 1 aromatic rings. The molecular weight excluding hydrogens is 378 g/mol. The first-order chi connectivity index (χ1) is 8.69. The average Bonchev–Trinajstić information content (AvgIpc) is 2.28. The van der Waals surface area contributed by atoms with Gasteiger partial charge >= 0.3 is 12.1 Å². The first-order valence-corrected chi connectivity index (χ1v) is 6.16. The SMILES string of the molecule is O=C(CCC(F)(F)F)Nc1ccc(I)cc1C(=O)O. The largest absolute Gasteiger partial charge is 0.478 e. The van der Waals surface area contributed by atoms with Crippen LogP contribution in [0.4, 0.5) is 18.9 Å². The average molecular weight is 387 g/mol. The third-order valence-electron chi connectivity index (χ3n) is 2.12. The number of amides is 1. The van der Waals surface area contributed by atoms with Gasteiger partial charge in [-0.25, -0.2) is 4.79 Å². The van der Waals surface area contributed by atoms with Crippen molar-refractivity contribution in [1.82, 2.24) is 0 Å². The van der Waals surface area contributed by atoms with E-state index >= 15 is 0 Å². The molecule has 0 radical (unpaired) electrons. The predicted molar refractivity (Wildman–Crippen MR) is 70.0 cm³/mol. The van der Waals surface area contributed by atoms with Crippen LogP contribution in [-0.4, -0.2) is 23.2 Å². The molecule has 0 aliphatic rings. The Morgan fingerprint density at radius 2 is 1.95 bits per heavy atom. The topological polar surface area (TPSA) is 66.4 Å². The van der Waals surface area contributed by atoms with E-state index in [1.54, 1.807) is 6.07 Å². The van der Waals surface area contributed by atoms with E-state index in [1.165, 1.54) is 12.1 Å². The van der Waals surface area contributed by atoms with Gasteiger partial charge in [0.1, 0.15) is 0 Å². The van der Waals surface area contributed by atoms with E-state index in [4.69, 9.17) is 5.11 Å². The van der Waals surface area contributed by atoms with E-state index < -0.39 is 30.9 Å². The molecule has 8 heteroatoms. The van der Waals surface area contributed by atoms with Crippen molar-refractivity contribution in [2.24, 2.45) is 0 Å². The van der Waals surface area contributed by atoms with Crippen LogP contribution in [0.3, 0.4) is 0 Å². The van der Waals surface area contributed by atoms with Crippen LogP contribution in [0.1, 0.15) is 23.2 Å². The summed E-state index contributed by atoms with van der Waals surface area (Å²) in [6.07, 6.45) is -6.40. The highest BCUT2D eigenvalue weighted by atomic mass is 127. The molecule has 0 unspecified atom stereocenters. The number of hydrogen-bond donors (Lipinski definition) is 2. The summed E-state index contributed by atoms with van der Waals surface area (Å²) in [5.41, 5.74) is -0.174. The first kappa shape index (κ1) is 15.7. The molecule has 0 atom stereocenters. The molecule has 0 saturated heterocycles.